The molecule has 0 spiro atoms. The number of rotatable bonds is 20. The number of amidine groups is 3. The fourth-order valence-electron chi connectivity index (χ4n) is 17.6. The van der Waals surface area contributed by atoms with E-state index in [1.807, 2.05) is 77.5 Å². The molecule has 30 nitrogen and oxygen atoms in total. The number of carbonyl (C=O) groups excluding carboxylic acids is 9. The number of alkyl halides is 1. The molecule has 6 saturated heterocycles. The monoisotopic (exact) mass is 1940 g/mol. The van der Waals surface area contributed by atoms with Gasteiger partial charge >= 0.3 is 36.0 Å². The number of aromatic nitrogens is 3. The highest BCUT2D eigenvalue weighted by atomic mass is 79.9. The third-order valence-electron chi connectivity index (χ3n) is 23.6. The molecule has 6 fully saturated rings. The van der Waals surface area contributed by atoms with Gasteiger partial charge in [0, 0.05) is 130 Å². The third kappa shape index (κ3) is 21.0. The summed E-state index contributed by atoms with van der Waals surface area (Å²) in [6, 6.07) is 9.42. The topological polar surface area (TPSA) is 391 Å². The highest BCUT2D eigenvalue weighted by molar-refractivity contribution is 9.09. The van der Waals surface area contributed by atoms with Crippen molar-refractivity contribution in [3.63, 3.8) is 0 Å². The summed E-state index contributed by atoms with van der Waals surface area (Å²) < 4.78 is 59.4. The van der Waals surface area contributed by atoms with Crippen LogP contribution in [0.4, 0.5) is 27.6 Å². The van der Waals surface area contributed by atoms with Gasteiger partial charge in [0.05, 0.1) is 87.5 Å². The summed E-state index contributed by atoms with van der Waals surface area (Å²) in [6.07, 6.45) is 8.06. The number of carbonyl (C=O) groups is 9. The predicted octanol–water partition coefficient (Wildman–Crippen LogP) is 14.2. The van der Waals surface area contributed by atoms with Crippen molar-refractivity contribution in [2.45, 2.75) is 182 Å². The molecule has 9 N–H and O–H groups in total. The first-order chi connectivity index (χ1) is 60.2. The number of piperidine rings is 3. The first-order valence-electron chi connectivity index (χ1n) is 41.7. The van der Waals surface area contributed by atoms with Gasteiger partial charge < -0.3 is 76.8 Å². The zero-order valence-corrected chi connectivity index (χ0v) is 78.5. The second-order valence-electron chi connectivity index (χ2n) is 34.4. The number of primary amides is 3. The number of nitrogens with one attached hydrogen (secondary N) is 3. The molecule has 0 aliphatic carbocycles. The minimum atomic E-state index is -0.987. The lowest BCUT2D eigenvalue weighted by molar-refractivity contribution is -0.139. The van der Waals surface area contributed by atoms with Gasteiger partial charge in [0.15, 0.2) is 32.5 Å². The van der Waals surface area contributed by atoms with Crippen molar-refractivity contribution in [2.75, 3.05) is 64.4 Å². The van der Waals surface area contributed by atoms with Crippen LogP contribution in [0, 0.1) is 47.0 Å². The molecule has 6 aromatic rings. The van der Waals surface area contributed by atoms with Crippen LogP contribution in [-0.2, 0) is 43.0 Å². The zero-order chi connectivity index (χ0) is 92.2. The van der Waals surface area contributed by atoms with Crippen LogP contribution in [0.5, 0.6) is 0 Å². The van der Waals surface area contributed by atoms with Crippen molar-refractivity contribution in [3.8, 4) is 0 Å². The van der Waals surface area contributed by atoms with E-state index in [-0.39, 0.29) is 125 Å². The van der Waals surface area contributed by atoms with Gasteiger partial charge in [-0.25, -0.2) is 56.9 Å². The van der Waals surface area contributed by atoms with E-state index in [0.717, 1.165) is 19.4 Å². The molecule has 3 aromatic heterocycles. The summed E-state index contributed by atoms with van der Waals surface area (Å²) in [5.74, 6) is -5.76. The number of nitrogens with zero attached hydrogens (tertiary/aromatic N) is 12. The number of ether oxygens (including phenoxy) is 3. The summed E-state index contributed by atoms with van der Waals surface area (Å²) in [5, 5.41) is 16.9. The molecule has 9 aliphatic rings. The number of thiazole rings is 3. The summed E-state index contributed by atoms with van der Waals surface area (Å²) in [7, 11) is 0. The quantitative estimate of drug-likeness (QED) is 0.0235. The van der Waals surface area contributed by atoms with E-state index >= 15 is 0 Å². The number of benzene rings is 3. The lowest BCUT2D eigenvalue weighted by Gasteiger charge is -2.40. The largest absolute Gasteiger partial charge is 0.463 e. The molecule has 15 rings (SSSR count). The molecule has 12 heterocycles. The average Bonchev–Trinajstić information content (AvgIpc) is 1.57. The molecule has 3 aromatic carbocycles. The Morgan fingerprint density at radius 1 is 0.477 bits per heavy atom. The van der Waals surface area contributed by atoms with Crippen LogP contribution in [0.15, 0.2) is 138 Å². The van der Waals surface area contributed by atoms with Gasteiger partial charge in [0.1, 0.15) is 35.6 Å². The van der Waals surface area contributed by atoms with Crippen molar-refractivity contribution >= 4 is 156 Å². The summed E-state index contributed by atoms with van der Waals surface area (Å²) in [6.45, 7) is 26.3. The predicted molar refractivity (Wildman–Crippen MR) is 489 cm³/mol. The number of hydrogen-bond donors (Lipinski definition) is 6. The van der Waals surface area contributed by atoms with E-state index in [1.54, 1.807) is 87.9 Å². The molecule has 0 saturated carbocycles. The standard InChI is InChI=1S/2C29H34ClFN6O4S.C17H14BrClFN3O2S.C12H21N3O2.CH4/c2*1-5-41-27(39)21-18(13-15-9-11-36-19(20(15)24(32)38)14-37(28(36)40)29(2,3)4)34-25(26-33-10-12-42-26)35-23(21)16-7-6-8-17(31)22(16)30;1-2-25-17(24)12-11(8-18)22-15(16-21-6-7-26-16)23-14(12)9-4-3-5-10(20)13(9)19;1-12(2,3)15-7-9-8(10(13)16)5-4-6-14(9)11(15)17;/h2*6-8,10,12,15,19-20,23H,5,9,11,13-14H2,1-4H3,(H2,32,38)(H,34,35);3-7,14H,2,8H2,1H3,(H,22,23);8-9H,4-7H2,1-3H3,(H2,13,16);1H4/t15?,19-,20+,23+;15?,19-,20+,23-;14-;;/m100../s1. The van der Waals surface area contributed by atoms with E-state index in [1.165, 1.54) is 70.4 Å². The number of nitrogens with two attached hydrogens (primary N) is 3. The van der Waals surface area contributed by atoms with Crippen molar-refractivity contribution in [1.29, 1.82) is 0 Å². The Morgan fingerprint density at radius 3 is 1.08 bits per heavy atom. The highest BCUT2D eigenvalue weighted by Crippen LogP contribution is 2.47. The fraction of sp³-hybridized carbons (Fsp3) is 0.489. The highest BCUT2D eigenvalue weighted by Gasteiger charge is 2.55. The molecule has 0 radical (unpaired) electrons. The normalized spacial score (nSPS) is 23.3. The van der Waals surface area contributed by atoms with Crippen LogP contribution >= 0.6 is 84.7 Å². The molecule has 9 aliphatic heterocycles. The Hall–Kier alpha value is -10.1. The van der Waals surface area contributed by atoms with Crippen LogP contribution < -0.4 is 33.2 Å². The Labute approximate surface area is 776 Å². The van der Waals surface area contributed by atoms with Crippen LogP contribution in [0.3, 0.4) is 0 Å². The maximum atomic E-state index is 14.6. The van der Waals surface area contributed by atoms with Gasteiger partial charge in [-0.1, -0.05) is 94.6 Å². The SMILES string of the molecule is C.CC(C)(C)N1CC2C(C(N)=O)CCCN2C1=O.CCOC(=O)C1=C(CBr)NC(c2nccs2)=N[C@H]1c1cccc(F)c1Cl.CCOC(=O)C1=C(CC2CCN3C(=O)N(C(C)(C)C)C[C@@H]3[C@H]2C(N)=O)NC(c2nccs2)=N[C@H]1c1cccc(F)c1Cl.CCOC(=O)C1=C(CC2CCN3C(=O)N(C(C)(C)C)C[C@H]3[C@@H]2C(N)=O)NC(c2nccs2)=N[C@H]1c1cccc(F)c1Cl. The van der Waals surface area contributed by atoms with E-state index in [4.69, 9.17) is 76.2 Å². The minimum absolute atomic E-state index is 0. The number of urea groups is 3. The lowest BCUT2D eigenvalue weighted by atomic mass is 9.76. The molecular weight excluding hydrogens is 1840 g/mol. The minimum Gasteiger partial charge on any atom is -0.463 e. The summed E-state index contributed by atoms with van der Waals surface area (Å²) in [5.41, 5.74) is 19.6. The zero-order valence-electron chi connectivity index (χ0n) is 72.2. The number of amides is 9. The van der Waals surface area contributed by atoms with Gasteiger partial charge in [-0.15, -0.1) is 34.0 Å². The Bertz CT molecular complexity index is 5160. The number of esters is 3. The molecular formula is C88H107BrCl3F3N18O12S3. The van der Waals surface area contributed by atoms with E-state index in [0.29, 0.717) is 117 Å². The summed E-state index contributed by atoms with van der Waals surface area (Å²) >= 11 is 26.5. The van der Waals surface area contributed by atoms with Crippen molar-refractivity contribution in [3.05, 3.63) is 187 Å². The maximum absolute atomic E-state index is 14.6. The first kappa shape index (κ1) is 98.5. The maximum Gasteiger partial charge on any atom is 0.338 e. The summed E-state index contributed by atoms with van der Waals surface area (Å²) in [4.78, 5) is 154. The lowest BCUT2D eigenvalue weighted by Crippen LogP contribution is -2.53. The fourth-order valence-corrected chi connectivity index (χ4v) is 20.5. The smallest absolute Gasteiger partial charge is 0.338 e. The van der Waals surface area contributed by atoms with Gasteiger partial charge in [-0.05, 0) is 152 Å². The number of aliphatic imine (C=N–C) groups is 3. The molecule has 128 heavy (non-hydrogen) atoms. The Morgan fingerprint density at radius 2 is 0.789 bits per heavy atom. The molecule has 0 bridgehead atoms. The molecule has 11 atom stereocenters. The van der Waals surface area contributed by atoms with Crippen molar-refractivity contribution in [2.24, 2.45) is 61.8 Å². The second kappa shape index (κ2) is 41.4. The van der Waals surface area contributed by atoms with Crippen molar-refractivity contribution < 1.29 is 70.5 Å². The molecule has 9 amide bonds. The second-order valence-corrected chi connectivity index (χ2v) is 38.8. The number of hydrogen-bond acceptors (Lipinski definition) is 24. The molecule has 4 unspecified atom stereocenters. The van der Waals surface area contributed by atoms with Gasteiger partial charge in [0.25, 0.3) is 0 Å². The van der Waals surface area contributed by atoms with Gasteiger partial charge in [0.2, 0.25) is 17.7 Å². The van der Waals surface area contributed by atoms with E-state index in [9.17, 15) is 56.3 Å². The van der Waals surface area contributed by atoms with E-state index in [2.05, 4.69) is 51.8 Å². The average molecular weight is 1950 g/mol. The molecule has 40 heteroatoms. The van der Waals surface area contributed by atoms with Crippen molar-refractivity contribution in [1.82, 2.24) is 60.3 Å². The number of allylic oxidation sites excluding steroid dienone is 3. The van der Waals surface area contributed by atoms with E-state index < -0.39 is 100 Å². The van der Waals surface area contributed by atoms with Crippen LogP contribution in [0.25, 0.3) is 0 Å². The van der Waals surface area contributed by atoms with Crippen LogP contribution in [-0.4, -0.2) is 215 Å². The van der Waals surface area contributed by atoms with Crippen LogP contribution in [0.2, 0.25) is 15.1 Å². The first-order valence-corrected chi connectivity index (χ1v) is 46.6. The number of fused-ring (bicyclic) bond motifs is 3. The van der Waals surface area contributed by atoms with Gasteiger partial charge in [-0.2, -0.15) is 0 Å². The van der Waals surface area contributed by atoms with Crippen LogP contribution in [0.1, 0.15) is 179 Å². The number of halogens is 7. The Balaban J connectivity index is 0.000000173. The molecule has 688 valence electrons. The third-order valence-corrected chi connectivity index (χ3v) is 27.7. The van der Waals surface area contributed by atoms with Gasteiger partial charge in [-0.3, -0.25) is 29.4 Å². The Kier molecular flexibility index (Phi) is 31.8.